The fraction of sp³-hybridized carbons (Fsp3) is 0.222. The van der Waals surface area contributed by atoms with Crippen molar-refractivity contribution in [3.8, 4) is 11.3 Å². The summed E-state index contributed by atoms with van der Waals surface area (Å²) in [5, 5.41) is 10.7. The third-order valence-corrected chi connectivity index (χ3v) is 5.60. The van der Waals surface area contributed by atoms with Crippen LogP contribution in [-0.2, 0) is 20.1 Å². The monoisotopic (exact) mass is 407 g/mol. The normalized spacial score (nSPS) is 11.6. The van der Waals surface area contributed by atoms with E-state index >= 15 is 0 Å². The second-order valence-corrected chi connectivity index (χ2v) is 7.31. The first-order valence-electron chi connectivity index (χ1n) is 8.02. The molecular formula is C18H19Cl2N5S. The lowest BCUT2D eigenvalue weighted by Crippen LogP contribution is -2.36. The molecule has 0 bridgehead atoms. The van der Waals surface area contributed by atoms with Crippen LogP contribution in [0.1, 0.15) is 10.7 Å². The van der Waals surface area contributed by atoms with Crippen LogP contribution >= 0.6 is 34.5 Å². The number of benzene rings is 1. The predicted octanol–water partition coefficient (Wildman–Crippen LogP) is 4.32. The van der Waals surface area contributed by atoms with E-state index in [1.165, 1.54) is 0 Å². The molecular weight excluding hydrogens is 389 g/mol. The van der Waals surface area contributed by atoms with Crippen LogP contribution in [0.15, 0.2) is 46.8 Å². The average Bonchev–Trinajstić information content (AvgIpc) is 3.23. The highest BCUT2D eigenvalue weighted by Gasteiger charge is 2.10. The van der Waals surface area contributed by atoms with Crippen LogP contribution in [0.4, 0.5) is 0 Å². The topological polar surface area (TPSA) is 54.2 Å². The molecule has 0 saturated carbocycles. The maximum absolute atomic E-state index is 6.09. The lowest BCUT2D eigenvalue weighted by Gasteiger charge is -2.11. The van der Waals surface area contributed by atoms with Gasteiger partial charge < -0.3 is 15.2 Å². The number of nitrogens with zero attached hydrogens (tertiary/aromatic N) is 3. The van der Waals surface area contributed by atoms with Gasteiger partial charge in [-0.25, -0.2) is 4.98 Å². The Balaban J connectivity index is 1.56. The Morgan fingerprint density at radius 2 is 1.92 bits per heavy atom. The highest BCUT2D eigenvalue weighted by Crippen LogP contribution is 2.25. The molecule has 0 aliphatic heterocycles. The van der Waals surface area contributed by atoms with Crippen molar-refractivity contribution in [2.45, 2.75) is 13.1 Å². The van der Waals surface area contributed by atoms with Crippen molar-refractivity contribution in [2.24, 2.45) is 12.0 Å². The summed E-state index contributed by atoms with van der Waals surface area (Å²) < 4.78 is 1.84. The van der Waals surface area contributed by atoms with E-state index < -0.39 is 0 Å². The zero-order valence-electron chi connectivity index (χ0n) is 14.5. The first-order chi connectivity index (χ1) is 12.6. The molecule has 0 aliphatic carbocycles. The lowest BCUT2D eigenvalue weighted by atomic mass is 10.2. The molecule has 2 aromatic heterocycles. The van der Waals surface area contributed by atoms with Gasteiger partial charge in [0.1, 0.15) is 10.2 Å². The highest BCUT2D eigenvalue weighted by atomic mass is 35.5. The van der Waals surface area contributed by atoms with Gasteiger partial charge in [0.15, 0.2) is 5.96 Å². The smallest absolute Gasteiger partial charge is 0.191 e. The third kappa shape index (κ3) is 4.38. The first kappa shape index (κ1) is 18.8. The molecule has 0 spiro atoms. The Morgan fingerprint density at radius 1 is 1.19 bits per heavy atom. The van der Waals surface area contributed by atoms with Crippen LogP contribution in [0.2, 0.25) is 10.2 Å². The molecule has 26 heavy (non-hydrogen) atoms. The van der Waals surface area contributed by atoms with Crippen molar-refractivity contribution in [3.05, 3.63) is 62.7 Å². The minimum atomic E-state index is 0.530. The maximum atomic E-state index is 6.09. The van der Waals surface area contributed by atoms with Crippen LogP contribution in [0.5, 0.6) is 0 Å². The van der Waals surface area contributed by atoms with Crippen molar-refractivity contribution >= 4 is 40.5 Å². The second kappa shape index (κ2) is 8.58. The van der Waals surface area contributed by atoms with Crippen LogP contribution in [-0.4, -0.2) is 22.6 Å². The summed E-state index contributed by atoms with van der Waals surface area (Å²) in [7, 11) is 3.61. The van der Waals surface area contributed by atoms with E-state index in [2.05, 4.69) is 38.1 Å². The summed E-state index contributed by atoms with van der Waals surface area (Å²) in [5.41, 5.74) is 3.09. The Kier molecular flexibility index (Phi) is 6.19. The van der Waals surface area contributed by atoms with E-state index in [9.17, 15) is 0 Å². The number of thiazole rings is 1. The molecule has 0 unspecified atom stereocenters. The van der Waals surface area contributed by atoms with Crippen LogP contribution in [0, 0.1) is 0 Å². The SMILES string of the molecule is CN=C(NCc1nc(-c2ccccc2)cs1)NCc1cc(Cl)c(Cl)n1C. The molecule has 5 nitrogen and oxygen atoms in total. The Morgan fingerprint density at radius 3 is 2.58 bits per heavy atom. The number of hydrogen-bond donors (Lipinski definition) is 2. The Hall–Kier alpha value is -2.02. The van der Waals surface area contributed by atoms with Crippen LogP contribution in [0.3, 0.4) is 0 Å². The molecule has 0 aliphatic rings. The summed E-state index contributed by atoms with van der Waals surface area (Å²) >= 11 is 13.8. The molecule has 2 N–H and O–H groups in total. The first-order valence-corrected chi connectivity index (χ1v) is 9.66. The summed E-state index contributed by atoms with van der Waals surface area (Å²) in [4.78, 5) is 8.91. The van der Waals surface area contributed by atoms with Crippen molar-refractivity contribution in [1.82, 2.24) is 20.2 Å². The minimum absolute atomic E-state index is 0.530. The van der Waals surface area contributed by atoms with E-state index in [1.54, 1.807) is 18.4 Å². The molecule has 2 heterocycles. The van der Waals surface area contributed by atoms with Crippen LogP contribution in [0.25, 0.3) is 11.3 Å². The van der Waals surface area contributed by atoms with Crippen molar-refractivity contribution in [3.63, 3.8) is 0 Å². The molecule has 0 amide bonds. The highest BCUT2D eigenvalue weighted by molar-refractivity contribution is 7.09. The molecule has 3 aromatic rings. The third-order valence-electron chi connectivity index (χ3n) is 3.90. The summed E-state index contributed by atoms with van der Waals surface area (Å²) in [5.74, 6) is 0.690. The fourth-order valence-electron chi connectivity index (χ4n) is 2.45. The number of aromatic nitrogens is 2. The molecule has 8 heteroatoms. The van der Waals surface area contributed by atoms with Gasteiger partial charge in [-0.1, -0.05) is 53.5 Å². The van der Waals surface area contributed by atoms with Crippen LogP contribution < -0.4 is 10.6 Å². The molecule has 0 saturated heterocycles. The number of aliphatic imine (C=N–C) groups is 1. The summed E-state index contributed by atoms with van der Waals surface area (Å²) in [6.07, 6.45) is 0. The van der Waals surface area contributed by atoms with Gasteiger partial charge in [-0.15, -0.1) is 11.3 Å². The Bertz CT molecular complexity index is 902. The van der Waals surface area contributed by atoms with Gasteiger partial charge in [0.05, 0.1) is 23.8 Å². The zero-order valence-corrected chi connectivity index (χ0v) is 16.8. The van der Waals surface area contributed by atoms with E-state index in [4.69, 9.17) is 23.2 Å². The zero-order chi connectivity index (χ0) is 18.5. The number of rotatable bonds is 5. The van der Waals surface area contributed by atoms with Gasteiger partial charge in [-0.05, 0) is 6.07 Å². The van der Waals surface area contributed by atoms with Crippen molar-refractivity contribution in [1.29, 1.82) is 0 Å². The standard InChI is InChI=1S/C18H19Cl2N5S/c1-21-18(22-9-13-8-14(19)17(20)25(13)2)23-10-16-24-15(11-26-16)12-6-4-3-5-7-12/h3-8,11H,9-10H2,1-2H3,(H2,21,22,23). The maximum Gasteiger partial charge on any atom is 0.191 e. The van der Waals surface area contributed by atoms with Gasteiger partial charge in [0.25, 0.3) is 0 Å². The van der Waals surface area contributed by atoms with Gasteiger partial charge in [0.2, 0.25) is 0 Å². The largest absolute Gasteiger partial charge is 0.351 e. The summed E-state index contributed by atoms with van der Waals surface area (Å²) in [6.45, 7) is 1.17. The molecule has 1 aromatic carbocycles. The van der Waals surface area contributed by atoms with Gasteiger partial charge in [0, 0.05) is 30.7 Å². The number of guanidine groups is 1. The van der Waals surface area contributed by atoms with Gasteiger partial charge in [-0.3, -0.25) is 4.99 Å². The molecule has 136 valence electrons. The van der Waals surface area contributed by atoms with E-state index in [1.807, 2.05) is 35.9 Å². The van der Waals surface area contributed by atoms with Crippen molar-refractivity contribution < 1.29 is 0 Å². The summed E-state index contributed by atoms with van der Waals surface area (Å²) in [6, 6.07) is 12.0. The molecule has 0 fully saturated rings. The van der Waals surface area contributed by atoms with Gasteiger partial charge >= 0.3 is 0 Å². The van der Waals surface area contributed by atoms with Crippen molar-refractivity contribution in [2.75, 3.05) is 7.05 Å². The number of halogens is 2. The molecule has 0 atom stereocenters. The van der Waals surface area contributed by atoms with E-state index in [0.717, 1.165) is 22.0 Å². The molecule has 0 radical (unpaired) electrons. The van der Waals surface area contributed by atoms with Gasteiger partial charge in [-0.2, -0.15) is 0 Å². The van der Waals surface area contributed by atoms with E-state index in [-0.39, 0.29) is 0 Å². The fourth-order valence-corrected chi connectivity index (χ4v) is 3.61. The lowest BCUT2D eigenvalue weighted by molar-refractivity contribution is 0.749. The minimum Gasteiger partial charge on any atom is -0.351 e. The van der Waals surface area contributed by atoms with E-state index in [0.29, 0.717) is 29.2 Å². The predicted molar refractivity (Wildman–Crippen MR) is 110 cm³/mol. The second-order valence-electron chi connectivity index (χ2n) is 5.61. The Labute approximate surface area is 166 Å². The number of hydrogen-bond acceptors (Lipinski definition) is 3. The number of nitrogens with one attached hydrogen (secondary N) is 2. The molecule has 3 rings (SSSR count). The quantitative estimate of drug-likeness (QED) is 0.488. The average molecular weight is 408 g/mol.